The quantitative estimate of drug-likeness (QED) is 0.897. The van der Waals surface area contributed by atoms with Crippen LogP contribution in [0.3, 0.4) is 0 Å². The molecule has 0 aromatic carbocycles. The fraction of sp³-hybridized carbons (Fsp3) is 0.625. The minimum atomic E-state index is -0.292. The third-order valence-electron chi connectivity index (χ3n) is 4.19. The molecule has 120 valence electrons. The van der Waals surface area contributed by atoms with Gasteiger partial charge >= 0.3 is 6.03 Å². The van der Waals surface area contributed by atoms with E-state index in [1.54, 1.807) is 0 Å². The summed E-state index contributed by atoms with van der Waals surface area (Å²) in [5.41, 5.74) is 2.72. The smallest absolute Gasteiger partial charge is 0.317 e. The van der Waals surface area contributed by atoms with Gasteiger partial charge in [0.25, 0.3) is 0 Å². The zero-order chi connectivity index (χ0) is 15.6. The first-order valence-electron chi connectivity index (χ1n) is 7.75. The molecule has 1 spiro atoms. The van der Waals surface area contributed by atoms with Gasteiger partial charge in [-0.1, -0.05) is 0 Å². The summed E-state index contributed by atoms with van der Waals surface area (Å²) in [7, 11) is 0. The van der Waals surface area contributed by atoms with Gasteiger partial charge in [0.15, 0.2) is 0 Å². The number of aryl methyl sites for hydroxylation is 2. The molecule has 2 fully saturated rings. The molecule has 0 aliphatic carbocycles. The molecule has 1 atom stereocenters. The molecule has 22 heavy (non-hydrogen) atoms. The third kappa shape index (κ3) is 3.39. The van der Waals surface area contributed by atoms with Gasteiger partial charge in [0, 0.05) is 37.5 Å². The topological polar surface area (TPSA) is 63.7 Å². The first-order valence-corrected chi connectivity index (χ1v) is 7.75. The molecule has 0 radical (unpaired) electrons. The zero-order valence-corrected chi connectivity index (χ0v) is 13.2. The van der Waals surface area contributed by atoms with Gasteiger partial charge in [0.2, 0.25) is 0 Å². The van der Waals surface area contributed by atoms with E-state index in [1.807, 2.05) is 30.9 Å². The normalized spacial score (nSPS) is 24.7. The van der Waals surface area contributed by atoms with E-state index < -0.39 is 0 Å². The van der Waals surface area contributed by atoms with Crippen molar-refractivity contribution < 1.29 is 14.3 Å². The molecular weight excluding hydrogens is 282 g/mol. The van der Waals surface area contributed by atoms with Crippen molar-refractivity contribution in [3.05, 3.63) is 29.1 Å². The lowest BCUT2D eigenvalue weighted by Crippen LogP contribution is -2.56. The van der Waals surface area contributed by atoms with E-state index in [0.29, 0.717) is 39.5 Å². The fourth-order valence-corrected chi connectivity index (χ4v) is 3.16. The van der Waals surface area contributed by atoms with E-state index in [-0.39, 0.29) is 11.6 Å². The Morgan fingerprint density at radius 2 is 2.14 bits per heavy atom. The number of hydrogen-bond donors (Lipinski definition) is 1. The molecule has 0 saturated carbocycles. The Kier molecular flexibility index (Phi) is 4.31. The number of hydrogen-bond acceptors (Lipinski definition) is 4. The third-order valence-corrected chi connectivity index (χ3v) is 4.19. The van der Waals surface area contributed by atoms with Gasteiger partial charge in [0.05, 0.1) is 19.8 Å². The predicted molar refractivity (Wildman–Crippen MR) is 81.6 cm³/mol. The number of nitrogens with zero attached hydrogens (tertiary/aromatic N) is 2. The van der Waals surface area contributed by atoms with E-state index in [9.17, 15) is 4.79 Å². The van der Waals surface area contributed by atoms with E-state index in [1.165, 1.54) is 0 Å². The Labute approximate surface area is 130 Å². The van der Waals surface area contributed by atoms with Gasteiger partial charge < -0.3 is 19.7 Å². The van der Waals surface area contributed by atoms with Crippen molar-refractivity contribution in [2.24, 2.45) is 0 Å². The number of rotatable bonds is 2. The standard InChI is InChI=1S/C16H23N3O3/c1-12-7-14(8-13(2)18-12)9-17-15(20)19-4-6-22-16(10-19)3-5-21-11-16/h7-8H,3-6,9-11H2,1-2H3,(H,17,20). The van der Waals surface area contributed by atoms with Crippen molar-refractivity contribution in [1.82, 2.24) is 15.2 Å². The molecule has 6 nitrogen and oxygen atoms in total. The Bertz CT molecular complexity index is 535. The van der Waals surface area contributed by atoms with Gasteiger partial charge in [0.1, 0.15) is 5.60 Å². The lowest BCUT2D eigenvalue weighted by Gasteiger charge is -2.39. The van der Waals surface area contributed by atoms with Crippen molar-refractivity contribution in [2.45, 2.75) is 32.4 Å². The number of aromatic nitrogens is 1. The number of urea groups is 1. The Hall–Kier alpha value is -1.66. The van der Waals surface area contributed by atoms with Gasteiger partial charge in [-0.2, -0.15) is 0 Å². The summed E-state index contributed by atoms with van der Waals surface area (Å²) < 4.78 is 11.3. The minimum absolute atomic E-state index is 0.0401. The molecule has 1 aromatic heterocycles. The van der Waals surface area contributed by atoms with Gasteiger partial charge in [-0.15, -0.1) is 0 Å². The van der Waals surface area contributed by atoms with Crippen LogP contribution < -0.4 is 5.32 Å². The van der Waals surface area contributed by atoms with Crippen molar-refractivity contribution >= 4 is 6.03 Å². The van der Waals surface area contributed by atoms with E-state index in [2.05, 4.69) is 10.3 Å². The van der Waals surface area contributed by atoms with Crippen molar-refractivity contribution in [3.8, 4) is 0 Å². The maximum Gasteiger partial charge on any atom is 0.317 e. The van der Waals surface area contributed by atoms with Crippen LogP contribution in [0.15, 0.2) is 12.1 Å². The Morgan fingerprint density at radius 1 is 1.36 bits per heavy atom. The summed E-state index contributed by atoms with van der Waals surface area (Å²) in [5.74, 6) is 0. The van der Waals surface area contributed by atoms with Crippen LogP contribution in [0.1, 0.15) is 23.4 Å². The summed E-state index contributed by atoms with van der Waals surface area (Å²) >= 11 is 0. The van der Waals surface area contributed by atoms with Crippen molar-refractivity contribution in [1.29, 1.82) is 0 Å². The number of amides is 2. The van der Waals surface area contributed by atoms with E-state index in [0.717, 1.165) is 23.4 Å². The maximum absolute atomic E-state index is 12.4. The zero-order valence-electron chi connectivity index (χ0n) is 13.2. The maximum atomic E-state index is 12.4. The highest BCUT2D eigenvalue weighted by Crippen LogP contribution is 2.27. The van der Waals surface area contributed by atoms with Crippen LogP contribution in [-0.2, 0) is 16.0 Å². The molecule has 2 aliphatic heterocycles. The summed E-state index contributed by atoms with van der Waals surface area (Å²) in [6.45, 7) is 7.54. The predicted octanol–water partition coefficient (Wildman–Crippen LogP) is 1.40. The minimum Gasteiger partial charge on any atom is -0.378 e. The van der Waals surface area contributed by atoms with Crippen LogP contribution in [0.25, 0.3) is 0 Å². The highest BCUT2D eigenvalue weighted by atomic mass is 16.6. The van der Waals surface area contributed by atoms with Crippen LogP contribution in [0, 0.1) is 13.8 Å². The largest absolute Gasteiger partial charge is 0.378 e. The molecule has 0 bridgehead atoms. The summed E-state index contributed by atoms with van der Waals surface area (Å²) in [5, 5.41) is 2.99. The summed E-state index contributed by atoms with van der Waals surface area (Å²) in [6.07, 6.45) is 0.861. The number of pyridine rings is 1. The van der Waals surface area contributed by atoms with Crippen molar-refractivity contribution in [2.75, 3.05) is 32.9 Å². The second-order valence-corrected chi connectivity index (χ2v) is 6.17. The molecule has 2 saturated heterocycles. The first kappa shape index (κ1) is 15.2. The lowest BCUT2D eigenvalue weighted by atomic mass is 10.0. The highest BCUT2D eigenvalue weighted by molar-refractivity contribution is 5.74. The van der Waals surface area contributed by atoms with Crippen LogP contribution in [0.5, 0.6) is 0 Å². The average molecular weight is 305 g/mol. The molecule has 1 aromatic rings. The number of carbonyl (C=O) groups is 1. The number of ether oxygens (including phenoxy) is 2. The molecule has 1 unspecified atom stereocenters. The van der Waals surface area contributed by atoms with Crippen molar-refractivity contribution in [3.63, 3.8) is 0 Å². The van der Waals surface area contributed by atoms with Crippen LogP contribution in [0.4, 0.5) is 4.79 Å². The number of carbonyl (C=O) groups excluding carboxylic acids is 1. The molecular formula is C16H23N3O3. The van der Waals surface area contributed by atoms with Gasteiger partial charge in [-0.3, -0.25) is 4.98 Å². The number of nitrogens with one attached hydrogen (secondary N) is 1. The average Bonchev–Trinajstić information content (AvgIpc) is 2.91. The molecule has 2 amide bonds. The SMILES string of the molecule is Cc1cc(CNC(=O)N2CCOC3(CCOC3)C2)cc(C)n1. The molecule has 2 aliphatic rings. The molecule has 6 heteroatoms. The molecule has 1 N–H and O–H groups in total. The highest BCUT2D eigenvalue weighted by Gasteiger charge is 2.41. The Balaban J connectivity index is 1.57. The van der Waals surface area contributed by atoms with Crippen LogP contribution in [0.2, 0.25) is 0 Å². The van der Waals surface area contributed by atoms with E-state index in [4.69, 9.17) is 9.47 Å². The first-order chi connectivity index (χ1) is 10.6. The monoisotopic (exact) mass is 305 g/mol. The van der Waals surface area contributed by atoms with Gasteiger partial charge in [-0.25, -0.2) is 4.79 Å². The lowest BCUT2D eigenvalue weighted by molar-refractivity contribution is -0.0975. The summed E-state index contributed by atoms with van der Waals surface area (Å²) in [6, 6.07) is 3.96. The van der Waals surface area contributed by atoms with Crippen LogP contribution >= 0.6 is 0 Å². The summed E-state index contributed by atoms with van der Waals surface area (Å²) in [4.78, 5) is 18.6. The molecule has 3 heterocycles. The molecule has 3 rings (SSSR count). The second-order valence-electron chi connectivity index (χ2n) is 6.17. The second kappa shape index (κ2) is 6.22. The van der Waals surface area contributed by atoms with E-state index >= 15 is 0 Å². The Morgan fingerprint density at radius 3 is 2.82 bits per heavy atom. The number of morpholine rings is 1. The van der Waals surface area contributed by atoms with Crippen LogP contribution in [-0.4, -0.2) is 54.4 Å². The fourth-order valence-electron chi connectivity index (χ4n) is 3.16. The van der Waals surface area contributed by atoms with Gasteiger partial charge in [-0.05, 0) is 31.5 Å².